The third kappa shape index (κ3) is 2.93. The number of aromatic nitrogens is 3. The molecule has 0 aliphatic carbocycles. The first-order valence-electron chi connectivity index (χ1n) is 7.94. The van der Waals surface area contributed by atoms with Gasteiger partial charge in [-0.1, -0.05) is 25.3 Å². The normalized spacial score (nSPS) is 13.4. The molecule has 0 spiro atoms. The lowest BCUT2D eigenvalue weighted by Crippen LogP contribution is -2.09. The van der Waals surface area contributed by atoms with Crippen molar-refractivity contribution in [3.8, 4) is 5.69 Å². The fourth-order valence-corrected chi connectivity index (χ4v) is 3.82. The van der Waals surface area contributed by atoms with Gasteiger partial charge in [0.2, 0.25) is 0 Å². The second-order valence-corrected chi connectivity index (χ2v) is 6.46. The van der Waals surface area contributed by atoms with Gasteiger partial charge in [-0.15, -0.1) is 11.8 Å². The number of rotatable bonds is 5. The van der Waals surface area contributed by atoms with Gasteiger partial charge in [0.1, 0.15) is 0 Å². The summed E-state index contributed by atoms with van der Waals surface area (Å²) < 4.78 is 6.96. The lowest BCUT2D eigenvalue weighted by Gasteiger charge is -2.18. The average molecular weight is 353 g/mol. The second kappa shape index (κ2) is 7.11. The fourth-order valence-electron chi connectivity index (χ4n) is 2.79. The highest BCUT2D eigenvalue weighted by molar-refractivity contribution is 8.02. The van der Waals surface area contributed by atoms with Gasteiger partial charge in [-0.3, -0.25) is 4.98 Å². The standard InChI is InChI=1S/C19H19N3O2S/c1-5-13-16(6-2)25-11-14-17(19(23)24-7-3)21-22(18(13)14)15-10-20-9-8-12(15)4/h5-6,8-10H,1-2,7,11H2,3-4H3. The van der Waals surface area contributed by atoms with Gasteiger partial charge in [-0.25, -0.2) is 9.48 Å². The van der Waals surface area contributed by atoms with E-state index in [9.17, 15) is 4.79 Å². The van der Waals surface area contributed by atoms with E-state index < -0.39 is 5.97 Å². The van der Waals surface area contributed by atoms with Crippen LogP contribution in [0.15, 0.2) is 48.7 Å². The quantitative estimate of drug-likeness (QED) is 0.758. The summed E-state index contributed by atoms with van der Waals surface area (Å²) in [6, 6.07) is 1.91. The molecule has 25 heavy (non-hydrogen) atoms. The lowest BCUT2D eigenvalue weighted by atomic mass is 10.0. The highest BCUT2D eigenvalue weighted by Gasteiger charge is 2.30. The monoisotopic (exact) mass is 353 g/mol. The van der Waals surface area contributed by atoms with Gasteiger partial charge in [0.25, 0.3) is 0 Å². The predicted octanol–water partition coefficient (Wildman–Crippen LogP) is 4.08. The maximum atomic E-state index is 12.4. The Balaban J connectivity index is 2.32. The van der Waals surface area contributed by atoms with Gasteiger partial charge in [-0.05, 0) is 25.5 Å². The molecule has 128 valence electrons. The Morgan fingerprint density at radius 3 is 2.88 bits per heavy atom. The van der Waals surface area contributed by atoms with E-state index in [2.05, 4.69) is 23.2 Å². The molecule has 0 saturated carbocycles. The number of fused-ring (bicyclic) bond motifs is 1. The lowest BCUT2D eigenvalue weighted by molar-refractivity contribution is 0.0518. The van der Waals surface area contributed by atoms with Gasteiger partial charge >= 0.3 is 5.97 Å². The van der Waals surface area contributed by atoms with E-state index in [1.807, 2.05) is 19.1 Å². The van der Waals surface area contributed by atoms with Crippen molar-refractivity contribution in [2.75, 3.05) is 6.61 Å². The molecular weight excluding hydrogens is 334 g/mol. The van der Waals surface area contributed by atoms with Crippen molar-refractivity contribution in [3.05, 3.63) is 71.2 Å². The number of carbonyl (C=O) groups is 1. The minimum absolute atomic E-state index is 0.307. The van der Waals surface area contributed by atoms with Crippen LogP contribution in [0.2, 0.25) is 0 Å². The molecule has 0 aromatic carbocycles. The van der Waals surface area contributed by atoms with E-state index in [0.29, 0.717) is 18.1 Å². The number of nitrogens with zero attached hydrogens (tertiary/aromatic N) is 3. The van der Waals surface area contributed by atoms with Crippen LogP contribution in [0, 0.1) is 6.92 Å². The Bertz CT molecular complexity index is 896. The molecule has 6 heteroatoms. The zero-order chi connectivity index (χ0) is 18.0. The van der Waals surface area contributed by atoms with E-state index in [0.717, 1.165) is 33.0 Å². The minimum Gasteiger partial charge on any atom is -0.461 e. The van der Waals surface area contributed by atoms with Gasteiger partial charge in [0.15, 0.2) is 5.69 Å². The van der Waals surface area contributed by atoms with Gasteiger partial charge < -0.3 is 4.74 Å². The molecule has 0 N–H and O–H groups in total. The summed E-state index contributed by atoms with van der Waals surface area (Å²) in [7, 11) is 0. The van der Waals surface area contributed by atoms with Gasteiger partial charge in [-0.2, -0.15) is 5.10 Å². The van der Waals surface area contributed by atoms with Crippen molar-refractivity contribution >= 4 is 23.3 Å². The van der Waals surface area contributed by atoms with Crippen LogP contribution in [0.4, 0.5) is 0 Å². The Morgan fingerprint density at radius 1 is 1.44 bits per heavy atom. The summed E-state index contributed by atoms with van der Waals surface area (Å²) in [5, 5.41) is 4.58. The molecule has 3 rings (SSSR count). The van der Waals surface area contributed by atoms with E-state index in [-0.39, 0.29) is 0 Å². The third-order valence-corrected chi connectivity index (χ3v) is 5.10. The molecule has 0 unspecified atom stereocenters. The van der Waals surface area contributed by atoms with Crippen LogP contribution in [-0.2, 0) is 10.5 Å². The van der Waals surface area contributed by atoms with Gasteiger partial charge in [0.05, 0.1) is 24.2 Å². The smallest absolute Gasteiger partial charge is 0.359 e. The highest BCUT2D eigenvalue weighted by atomic mass is 32.2. The summed E-state index contributed by atoms with van der Waals surface area (Å²) in [5.41, 5.74) is 4.79. The van der Waals surface area contributed by atoms with Crippen LogP contribution < -0.4 is 0 Å². The first kappa shape index (κ1) is 17.2. The molecule has 2 aromatic heterocycles. The van der Waals surface area contributed by atoms with Crippen molar-refractivity contribution in [2.45, 2.75) is 19.6 Å². The van der Waals surface area contributed by atoms with Crippen molar-refractivity contribution in [2.24, 2.45) is 0 Å². The van der Waals surface area contributed by atoms with Crippen LogP contribution in [0.5, 0.6) is 0 Å². The van der Waals surface area contributed by atoms with E-state index in [1.165, 1.54) is 0 Å². The summed E-state index contributed by atoms with van der Waals surface area (Å²) in [4.78, 5) is 17.6. The van der Waals surface area contributed by atoms with E-state index in [1.54, 1.807) is 41.8 Å². The first-order chi connectivity index (χ1) is 12.1. The maximum Gasteiger partial charge on any atom is 0.359 e. The third-order valence-electron chi connectivity index (χ3n) is 3.97. The molecule has 0 atom stereocenters. The van der Waals surface area contributed by atoms with E-state index >= 15 is 0 Å². The molecule has 0 bridgehead atoms. The number of hydrogen-bond acceptors (Lipinski definition) is 5. The Hall–Kier alpha value is -2.60. The molecule has 1 aliphatic heterocycles. The summed E-state index contributed by atoms with van der Waals surface area (Å²) >= 11 is 1.61. The molecule has 1 aliphatic rings. The van der Waals surface area contributed by atoms with Crippen molar-refractivity contribution in [3.63, 3.8) is 0 Å². The highest BCUT2D eigenvalue weighted by Crippen LogP contribution is 2.41. The van der Waals surface area contributed by atoms with E-state index in [4.69, 9.17) is 4.74 Å². The average Bonchev–Trinajstić information content (AvgIpc) is 3.01. The number of ether oxygens (including phenoxy) is 1. The number of allylic oxidation sites excluding steroid dienone is 3. The zero-order valence-electron chi connectivity index (χ0n) is 14.3. The number of hydrogen-bond donors (Lipinski definition) is 0. The molecule has 2 aromatic rings. The first-order valence-corrected chi connectivity index (χ1v) is 8.93. The number of aryl methyl sites for hydroxylation is 1. The van der Waals surface area contributed by atoms with Crippen LogP contribution in [0.25, 0.3) is 11.3 Å². The molecule has 5 nitrogen and oxygen atoms in total. The number of pyridine rings is 1. The summed E-state index contributed by atoms with van der Waals surface area (Å²) in [6.07, 6.45) is 7.06. The second-order valence-electron chi connectivity index (χ2n) is 5.45. The number of carbonyl (C=O) groups excluding carboxylic acids is 1. The van der Waals surface area contributed by atoms with Crippen molar-refractivity contribution in [1.29, 1.82) is 0 Å². The largest absolute Gasteiger partial charge is 0.461 e. The predicted molar refractivity (Wildman–Crippen MR) is 101 cm³/mol. The Morgan fingerprint density at radius 2 is 2.24 bits per heavy atom. The van der Waals surface area contributed by atoms with Crippen LogP contribution in [0.1, 0.15) is 34.2 Å². The maximum absolute atomic E-state index is 12.4. The molecule has 0 fully saturated rings. The SMILES string of the molecule is C=CC1=C(C=C)c2c(c(C(=O)OCC)nn2-c2cnccc2C)CS1. The molecule has 3 heterocycles. The van der Waals surface area contributed by atoms with Crippen LogP contribution in [-0.4, -0.2) is 27.3 Å². The van der Waals surface area contributed by atoms with Gasteiger partial charge in [0, 0.05) is 28.0 Å². The summed E-state index contributed by atoms with van der Waals surface area (Å²) in [5.74, 6) is 0.215. The molecule has 0 radical (unpaired) electrons. The zero-order valence-corrected chi connectivity index (χ0v) is 15.1. The molecule has 0 saturated heterocycles. The number of esters is 1. The topological polar surface area (TPSA) is 57.0 Å². The summed E-state index contributed by atoms with van der Waals surface area (Å²) in [6.45, 7) is 11.9. The fraction of sp³-hybridized carbons (Fsp3) is 0.211. The Labute approximate surface area is 151 Å². The minimum atomic E-state index is -0.412. The van der Waals surface area contributed by atoms with Crippen LogP contribution in [0.3, 0.4) is 0 Å². The number of thioether (sulfide) groups is 1. The van der Waals surface area contributed by atoms with Crippen LogP contribution >= 0.6 is 11.8 Å². The molecule has 0 amide bonds. The molecular formula is C19H19N3O2S. The van der Waals surface area contributed by atoms with Crippen molar-refractivity contribution in [1.82, 2.24) is 14.8 Å². The van der Waals surface area contributed by atoms with Crippen molar-refractivity contribution < 1.29 is 9.53 Å². The Kier molecular flexibility index (Phi) is 4.90.